The third kappa shape index (κ3) is 3.48. The molecule has 0 spiro atoms. The van der Waals surface area contributed by atoms with E-state index in [0.29, 0.717) is 16.3 Å². The molecule has 1 heterocycles. The molecule has 5 nitrogen and oxygen atoms in total. The molecule has 1 aromatic heterocycles. The van der Waals surface area contributed by atoms with Crippen molar-refractivity contribution in [3.63, 3.8) is 0 Å². The monoisotopic (exact) mass is 339 g/mol. The van der Waals surface area contributed by atoms with Gasteiger partial charge in [-0.2, -0.15) is 0 Å². The van der Waals surface area contributed by atoms with E-state index in [1.165, 1.54) is 22.7 Å². The number of anilines is 1. The van der Waals surface area contributed by atoms with Gasteiger partial charge in [0.25, 0.3) is 10.0 Å². The number of hydrogen-bond donors (Lipinski definition) is 1. The largest absolute Gasteiger partial charge is 0.481 e. The number of aryl methyl sites for hydroxylation is 2. The average molecular weight is 339 g/mol. The summed E-state index contributed by atoms with van der Waals surface area (Å²) in [5.41, 5.74) is 2.04. The summed E-state index contributed by atoms with van der Waals surface area (Å²) in [4.78, 5) is 10.6. The fraction of sp³-hybridized carbons (Fsp3) is 0.267. The molecule has 0 saturated heterocycles. The lowest BCUT2D eigenvalue weighted by molar-refractivity contribution is -0.136. The average Bonchev–Trinajstić information content (AvgIpc) is 2.91. The minimum atomic E-state index is -3.59. The molecule has 118 valence electrons. The molecule has 0 radical (unpaired) electrons. The number of benzene rings is 1. The molecular formula is C15H17NO4S2. The molecule has 0 fully saturated rings. The number of carbonyl (C=O) groups is 1. The van der Waals surface area contributed by atoms with Crippen molar-refractivity contribution in [2.45, 2.75) is 24.0 Å². The summed E-state index contributed by atoms with van der Waals surface area (Å²) >= 11 is 1.19. The molecule has 0 aliphatic carbocycles. The summed E-state index contributed by atoms with van der Waals surface area (Å²) in [7, 11) is -2.09. The highest BCUT2D eigenvalue weighted by atomic mass is 32.2. The molecular weight excluding hydrogens is 322 g/mol. The van der Waals surface area contributed by atoms with Crippen molar-refractivity contribution < 1.29 is 18.3 Å². The van der Waals surface area contributed by atoms with Crippen molar-refractivity contribution in [1.82, 2.24) is 0 Å². The highest BCUT2D eigenvalue weighted by Crippen LogP contribution is 2.28. The van der Waals surface area contributed by atoms with E-state index < -0.39 is 16.0 Å². The van der Waals surface area contributed by atoms with Gasteiger partial charge in [0.15, 0.2) is 0 Å². The van der Waals surface area contributed by atoms with Crippen LogP contribution in [0.5, 0.6) is 0 Å². The fourth-order valence-electron chi connectivity index (χ4n) is 2.05. The Morgan fingerprint density at radius 1 is 1.32 bits per heavy atom. The Balaban J connectivity index is 2.29. The zero-order chi connectivity index (χ0) is 16.3. The van der Waals surface area contributed by atoms with Gasteiger partial charge in [0.1, 0.15) is 4.21 Å². The Morgan fingerprint density at radius 2 is 2.05 bits per heavy atom. The third-order valence-electron chi connectivity index (χ3n) is 3.31. The van der Waals surface area contributed by atoms with Gasteiger partial charge in [-0.15, -0.1) is 11.3 Å². The highest BCUT2D eigenvalue weighted by Gasteiger charge is 2.24. The van der Waals surface area contributed by atoms with Crippen LogP contribution in [0.1, 0.15) is 17.5 Å². The Hall–Kier alpha value is -1.86. The predicted octanol–water partition coefficient (Wildman–Crippen LogP) is 2.90. The molecule has 0 amide bonds. The predicted molar refractivity (Wildman–Crippen MR) is 87.0 cm³/mol. The van der Waals surface area contributed by atoms with Crippen molar-refractivity contribution in [1.29, 1.82) is 0 Å². The third-order valence-corrected chi connectivity index (χ3v) is 6.76. The summed E-state index contributed by atoms with van der Waals surface area (Å²) in [6.45, 7) is 1.76. The number of aliphatic carboxylic acids is 1. The summed E-state index contributed by atoms with van der Waals surface area (Å²) in [6.07, 6.45) is 0.388. The van der Waals surface area contributed by atoms with Gasteiger partial charge in [-0.05, 0) is 48.1 Å². The van der Waals surface area contributed by atoms with Crippen molar-refractivity contribution in [3.8, 4) is 0 Å². The minimum Gasteiger partial charge on any atom is -0.481 e. The number of carboxylic acids is 1. The van der Waals surface area contributed by atoms with Crippen LogP contribution in [-0.2, 0) is 21.2 Å². The first kappa shape index (κ1) is 16.5. The van der Waals surface area contributed by atoms with Crippen LogP contribution < -0.4 is 4.31 Å². The normalized spacial score (nSPS) is 11.4. The first-order valence-corrected chi connectivity index (χ1v) is 8.98. The van der Waals surface area contributed by atoms with Crippen molar-refractivity contribution in [2.75, 3.05) is 11.4 Å². The van der Waals surface area contributed by atoms with Gasteiger partial charge in [0.2, 0.25) is 0 Å². The lowest BCUT2D eigenvalue weighted by Gasteiger charge is -2.19. The van der Waals surface area contributed by atoms with E-state index in [0.717, 1.165) is 11.1 Å². The van der Waals surface area contributed by atoms with Crippen molar-refractivity contribution >= 4 is 33.0 Å². The first-order valence-electron chi connectivity index (χ1n) is 6.66. The molecule has 22 heavy (non-hydrogen) atoms. The van der Waals surface area contributed by atoms with Crippen molar-refractivity contribution in [2.24, 2.45) is 0 Å². The van der Waals surface area contributed by atoms with E-state index in [9.17, 15) is 13.2 Å². The zero-order valence-electron chi connectivity index (χ0n) is 12.3. The van der Waals surface area contributed by atoms with Crippen LogP contribution in [0.15, 0.2) is 39.9 Å². The molecule has 7 heteroatoms. The number of sulfonamides is 1. The Morgan fingerprint density at radius 3 is 2.64 bits per heavy atom. The van der Waals surface area contributed by atoms with Crippen LogP contribution in [0.2, 0.25) is 0 Å². The van der Waals surface area contributed by atoms with E-state index in [1.54, 1.807) is 42.6 Å². The zero-order valence-corrected chi connectivity index (χ0v) is 13.9. The summed E-state index contributed by atoms with van der Waals surface area (Å²) in [6, 6.07) is 8.71. The Labute approximate surface area is 133 Å². The second-order valence-electron chi connectivity index (χ2n) is 4.93. The van der Waals surface area contributed by atoms with Gasteiger partial charge in [0, 0.05) is 13.5 Å². The summed E-state index contributed by atoms with van der Waals surface area (Å²) < 4.78 is 26.8. The van der Waals surface area contributed by atoms with Gasteiger partial charge >= 0.3 is 5.97 Å². The first-order chi connectivity index (χ1) is 10.3. The second-order valence-corrected chi connectivity index (χ2v) is 8.01. The highest BCUT2D eigenvalue weighted by molar-refractivity contribution is 7.94. The van der Waals surface area contributed by atoms with Crippen LogP contribution in [0.25, 0.3) is 0 Å². The summed E-state index contributed by atoms with van der Waals surface area (Å²) in [5.74, 6) is -0.874. The molecule has 0 bridgehead atoms. The van der Waals surface area contributed by atoms with Crippen LogP contribution in [0.4, 0.5) is 5.69 Å². The lowest BCUT2D eigenvalue weighted by Crippen LogP contribution is -2.26. The molecule has 1 aromatic carbocycles. The van der Waals surface area contributed by atoms with Gasteiger partial charge in [0.05, 0.1) is 5.69 Å². The SMILES string of the molecule is Cc1ccsc1S(=O)(=O)N(C)c1cccc(CCC(=O)O)c1. The maximum Gasteiger partial charge on any atom is 0.303 e. The number of hydrogen-bond acceptors (Lipinski definition) is 4. The Bertz CT molecular complexity index is 780. The number of nitrogens with zero attached hydrogens (tertiary/aromatic N) is 1. The maximum absolute atomic E-state index is 12.6. The van der Waals surface area contributed by atoms with E-state index in [1.807, 2.05) is 0 Å². The maximum atomic E-state index is 12.6. The summed E-state index contributed by atoms with van der Waals surface area (Å²) in [5, 5.41) is 10.5. The van der Waals surface area contributed by atoms with Crippen LogP contribution in [-0.4, -0.2) is 26.5 Å². The topological polar surface area (TPSA) is 74.7 Å². The molecule has 0 atom stereocenters. The molecule has 0 aliphatic heterocycles. The van der Waals surface area contributed by atoms with Crippen LogP contribution in [0.3, 0.4) is 0 Å². The fourth-order valence-corrected chi connectivity index (χ4v) is 4.80. The van der Waals surface area contributed by atoms with Gasteiger partial charge < -0.3 is 5.11 Å². The molecule has 1 N–H and O–H groups in total. The second kappa shape index (κ2) is 6.50. The van der Waals surface area contributed by atoms with Crippen molar-refractivity contribution in [3.05, 3.63) is 46.8 Å². The van der Waals surface area contributed by atoms with Gasteiger partial charge in [-0.25, -0.2) is 8.42 Å². The number of thiophene rings is 1. The van der Waals surface area contributed by atoms with Crippen LogP contribution >= 0.6 is 11.3 Å². The quantitative estimate of drug-likeness (QED) is 0.878. The molecule has 0 saturated carbocycles. The van der Waals surface area contributed by atoms with Gasteiger partial charge in [-0.1, -0.05) is 12.1 Å². The Kier molecular flexibility index (Phi) is 4.87. The minimum absolute atomic E-state index is 0.0178. The smallest absolute Gasteiger partial charge is 0.303 e. The van der Waals surface area contributed by atoms with Crippen LogP contribution in [0, 0.1) is 6.92 Å². The molecule has 0 unspecified atom stereocenters. The standard InChI is InChI=1S/C15H17NO4S2/c1-11-8-9-21-15(11)22(19,20)16(2)13-5-3-4-12(10-13)6-7-14(17)18/h3-5,8-10H,6-7H2,1-2H3,(H,17,18). The van der Waals surface area contributed by atoms with E-state index in [-0.39, 0.29) is 6.42 Å². The van der Waals surface area contributed by atoms with Gasteiger partial charge in [-0.3, -0.25) is 9.10 Å². The molecule has 2 rings (SSSR count). The molecule has 0 aliphatic rings. The van der Waals surface area contributed by atoms with E-state index in [4.69, 9.17) is 5.11 Å². The van der Waals surface area contributed by atoms with E-state index in [2.05, 4.69) is 0 Å². The molecule has 2 aromatic rings. The lowest BCUT2D eigenvalue weighted by atomic mass is 10.1. The number of carboxylic acid groups (broad SMARTS) is 1. The van der Waals surface area contributed by atoms with E-state index >= 15 is 0 Å². The number of rotatable bonds is 6.